The van der Waals surface area contributed by atoms with Crippen molar-refractivity contribution < 1.29 is 22.7 Å². The third-order valence-electron chi connectivity index (χ3n) is 4.26. The smallest absolute Gasteiger partial charge is 0.307 e. The van der Waals surface area contributed by atoms with Crippen LogP contribution in [0.2, 0.25) is 0 Å². The molecule has 156 valence electrons. The molecule has 7 nitrogen and oxygen atoms in total. The van der Waals surface area contributed by atoms with Crippen LogP contribution < -0.4 is 10.2 Å². The zero-order chi connectivity index (χ0) is 21.4. The van der Waals surface area contributed by atoms with E-state index in [1.807, 2.05) is 50.2 Å². The number of esters is 1. The number of nitrogens with one attached hydrogen (secondary N) is 1. The zero-order valence-electron chi connectivity index (χ0n) is 16.8. The molecule has 0 atom stereocenters. The summed E-state index contributed by atoms with van der Waals surface area (Å²) in [5, 5.41) is 2.66. The molecule has 0 radical (unpaired) electrons. The summed E-state index contributed by atoms with van der Waals surface area (Å²) in [6.07, 6.45) is -0.310. The Morgan fingerprint density at radius 2 is 1.62 bits per heavy atom. The molecule has 0 aliphatic carbocycles. The number of anilines is 1. The van der Waals surface area contributed by atoms with Gasteiger partial charge in [-0.25, -0.2) is 8.42 Å². The fourth-order valence-electron chi connectivity index (χ4n) is 2.46. The molecule has 0 saturated heterocycles. The summed E-state index contributed by atoms with van der Waals surface area (Å²) in [6, 6.07) is 14.1. The van der Waals surface area contributed by atoms with Crippen LogP contribution in [0.15, 0.2) is 53.4 Å². The van der Waals surface area contributed by atoms with Gasteiger partial charge in [-0.05, 0) is 36.8 Å². The predicted octanol–water partition coefficient (Wildman–Crippen LogP) is 2.08. The lowest BCUT2D eigenvalue weighted by atomic mass is 10.2. The van der Waals surface area contributed by atoms with Gasteiger partial charge in [0.15, 0.2) is 16.4 Å². The van der Waals surface area contributed by atoms with Crippen LogP contribution in [0, 0.1) is 6.92 Å². The molecule has 29 heavy (non-hydrogen) atoms. The number of ether oxygens (including phenoxy) is 1. The maximum absolute atomic E-state index is 12.2. The molecular formula is C21H26N2O5S. The van der Waals surface area contributed by atoms with Gasteiger partial charge in [0.25, 0.3) is 5.91 Å². The molecule has 2 aromatic rings. The van der Waals surface area contributed by atoms with Crippen molar-refractivity contribution in [2.75, 3.05) is 31.4 Å². The Bertz CT molecular complexity index is 936. The molecule has 1 N–H and O–H groups in total. The van der Waals surface area contributed by atoms with Gasteiger partial charge in [-0.15, -0.1) is 0 Å². The van der Waals surface area contributed by atoms with Gasteiger partial charge in [0.05, 0.1) is 17.1 Å². The van der Waals surface area contributed by atoms with Crippen LogP contribution in [-0.2, 0) is 30.7 Å². The molecule has 0 spiro atoms. The van der Waals surface area contributed by atoms with E-state index in [1.54, 1.807) is 12.1 Å². The molecule has 8 heteroatoms. The first-order valence-electron chi connectivity index (χ1n) is 9.15. The lowest BCUT2D eigenvalue weighted by Gasteiger charge is -2.13. The molecular weight excluding hydrogens is 392 g/mol. The third-order valence-corrected chi connectivity index (χ3v) is 5.99. The summed E-state index contributed by atoms with van der Waals surface area (Å²) in [5.41, 5.74) is 2.91. The van der Waals surface area contributed by atoms with Gasteiger partial charge >= 0.3 is 5.97 Å². The minimum Gasteiger partial charge on any atom is -0.456 e. The first-order chi connectivity index (χ1) is 13.7. The molecule has 0 saturated carbocycles. The second kappa shape index (κ2) is 10.1. The van der Waals surface area contributed by atoms with Crippen molar-refractivity contribution in [1.82, 2.24) is 5.32 Å². The summed E-state index contributed by atoms with van der Waals surface area (Å²) in [4.78, 5) is 25.8. The molecule has 0 aromatic heterocycles. The van der Waals surface area contributed by atoms with Crippen molar-refractivity contribution >= 4 is 27.4 Å². The van der Waals surface area contributed by atoms with E-state index in [0.29, 0.717) is 6.54 Å². The fourth-order valence-corrected chi connectivity index (χ4v) is 3.68. The van der Waals surface area contributed by atoms with Crippen LogP contribution in [-0.4, -0.2) is 46.7 Å². The number of sulfone groups is 1. The number of hydrogen-bond acceptors (Lipinski definition) is 6. The highest BCUT2D eigenvalue weighted by molar-refractivity contribution is 7.91. The first kappa shape index (κ1) is 22.4. The maximum Gasteiger partial charge on any atom is 0.307 e. The second-order valence-electron chi connectivity index (χ2n) is 6.88. The second-order valence-corrected chi connectivity index (χ2v) is 8.99. The number of rotatable bonds is 9. The van der Waals surface area contributed by atoms with Crippen LogP contribution in [0.1, 0.15) is 17.5 Å². The van der Waals surface area contributed by atoms with Crippen LogP contribution in [0.5, 0.6) is 0 Å². The summed E-state index contributed by atoms with van der Waals surface area (Å²) in [6.45, 7) is 1.72. The Balaban J connectivity index is 1.72. The van der Waals surface area contributed by atoms with Gasteiger partial charge in [0.2, 0.25) is 0 Å². The van der Waals surface area contributed by atoms with Gasteiger partial charge in [-0.3, -0.25) is 9.59 Å². The molecule has 0 aliphatic rings. The highest BCUT2D eigenvalue weighted by atomic mass is 32.2. The van der Waals surface area contributed by atoms with Crippen LogP contribution in [0.4, 0.5) is 5.69 Å². The highest BCUT2D eigenvalue weighted by Gasteiger charge is 2.17. The minimum absolute atomic E-state index is 0.161. The van der Waals surface area contributed by atoms with E-state index in [2.05, 4.69) is 5.32 Å². The average molecular weight is 419 g/mol. The first-order valence-corrected chi connectivity index (χ1v) is 10.8. The number of nitrogens with zero attached hydrogens (tertiary/aromatic N) is 1. The van der Waals surface area contributed by atoms with Crippen molar-refractivity contribution in [3.05, 3.63) is 59.7 Å². The van der Waals surface area contributed by atoms with Gasteiger partial charge in [-0.1, -0.05) is 29.8 Å². The Labute approximate surface area is 171 Å². The summed E-state index contributed by atoms with van der Waals surface area (Å²) < 4.78 is 29.3. The fraction of sp³-hybridized carbons (Fsp3) is 0.333. The number of amides is 1. The lowest BCUT2D eigenvalue weighted by Crippen LogP contribution is -2.28. The Kier molecular flexibility index (Phi) is 7.78. The SMILES string of the molecule is Cc1ccc(S(=O)(=O)CCC(=O)OCC(=O)NCc2ccc(N(C)C)cc2)cc1. The van der Waals surface area contributed by atoms with Gasteiger partial charge in [0, 0.05) is 26.3 Å². The number of aryl methyl sites for hydroxylation is 1. The number of benzene rings is 2. The Morgan fingerprint density at radius 3 is 2.21 bits per heavy atom. The summed E-state index contributed by atoms with van der Waals surface area (Å²) in [7, 11) is 0.312. The normalized spacial score (nSPS) is 11.0. The standard InChI is InChI=1S/C21H26N2O5S/c1-16-4-10-19(11-5-16)29(26,27)13-12-21(25)28-15-20(24)22-14-17-6-8-18(9-7-17)23(2)3/h4-11H,12-15H2,1-3H3,(H,22,24). The van der Waals surface area contributed by atoms with Crippen LogP contribution in [0.25, 0.3) is 0 Å². The molecule has 2 rings (SSSR count). The maximum atomic E-state index is 12.2. The highest BCUT2D eigenvalue weighted by Crippen LogP contribution is 2.13. The van der Waals surface area contributed by atoms with Crippen molar-refractivity contribution in [3.63, 3.8) is 0 Å². The number of carbonyl (C=O) groups excluding carboxylic acids is 2. The predicted molar refractivity (Wildman–Crippen MR) is 111 cm³/mol. The number of carbonyl (C=O) groups is 2. The topological polar surface area (TPSA) is 92.8 Å². The van der Waals surface area contributed by atoms with Crippen molar-refractivity contribution in [2.45, 2.75) is 24.8 Å². The van der Waals surface area contributed by atoms with E-state index in [9.17, 15) is 18.0 Å². The lowest BCUT2D eigenvalue weighted by molar-refractivity contribution is -0.148. The zero-order valence-corrected chi connectivity index (χ0v) is 17.7. The summed E-state index contributed by atoms with van der Waals surface area (Å²) >= 11 is 0. The molecule has 2 aromatic carbocycles. The van der Waals surface area contributed by atoms with E-state index >= 15 is 0 Å². The van der Waals surface area contributed by atoms with E-state index in [1.165, 1.54) is 12.1 Å². The minimum atomic E-state index is -3.57. The van der Waals surface area contributed by atoms with E-state index in [4.69, 9.17) is 4.74 Å². The van der Waals surface area contributed by atoms with E-state index < -0.39 is 28.3 Å². The van der Waals surface area contributed by atoms with Gasteiger partial charge < -0.3 is 15.0 Å². The van der Waals surface area contributed by atoms with Gasteiger partial charge in [-0.2, -0.15) is 0 Å². The molecule has 0 fully saturated rings. The molecule has 0 unspecified atom stereocenters. The molecule has 0 heterocycles. The van der Waals surface area contributed by atoms with E-state index in [-0.39, 0.29) is 17.1 Å². The van der Waals surface area contributed by atoms with Crippen molar-refractivity contribution in [3.8, 4) is 0 Å². The quantitative estimate of drug-likeness (QED) is 0.627. The van der Waals surface area contributed by atoms with Crippen molar-refractivity contribution in [2.24, 2.45) is 0 Å². The Morgan fingerprint density at radius 1 is 1.00 bits per heavy atom. The summed E-state index contributed by atoms with van der Waals surface area (Å²) in [5.74, 6) is -1.54. The van der Waals surface area contributed by atoms with Gasteiger partial charge in [0.1, 0.15) is 0 Å². The van der Waals surface area contributed by atoms with Crippen LogP contribution >= 0.6 is 0 Å². The van der Waals surface area contributed by atoms with Crippen molar-refractivity contribution in [1.29, 1.82) is 0 Å². The van der Waals surface area contributed by atoms with Crippen LogP contribution in [0.3, 0.4) is 0 Å². The Hall–Kier alpha value is -2.87. The molecule has 0 bridgehead atoms. The monoisotopic (exact) mass is 418 g/mol. The molecule has 0 aliphatic heterocycles. The third kappa shape index (κ3) is 7.23. The molecule has 1 amide bonds. The number of hydrogen-bond donors (Lipinski definition) is 1. The average Bonchev–Trinajstić information content (AvgIpc) is 2.70. The largest absolute Gasteiger partial charge is 0.456 e. The van der Waals surface area contributed by atoms with E-state index in [0.717, 1.165) is 16.8 Å².